The van der Waals surface area contributed by atoms with Crippen molar-refractivity contribution in [1.82, 2.24) is 25.9 Å². The van der Waals surface area contributed by atoms with E-state index in [1.54, 1.807) is 6.08 Å². The van der Waals surface area contributed by atoms with Gasteiger partial charge in [-0.25, -0.2) is 10.2 Å². The summed E-state index contributed by atoms with van der Waals surface area (Å²) >= 11 is 0. The molecule has 3 aromatic rings. The number of urea groups is 1. The summed E-state index contributed by atoms with van der Waals surface area (Å²) in [6.45, 7) is 0.624. The number of carbonyl (C=O) groups is 2. The first kappa shape index (κ1) is 18.9. The molecule has 0 radical (unpaired) electrons. The zero-order valence-electron chi connectivity index (χ0n) is 15.4. The Morgan fingerprint density at radius 3 is 2.36 bits per heavy atom. The molecule has 0 fully saturated rings. The third kappa shape index (κ3) is 5.07. The minimum atomic E-state index is -0.498. The maximum Gasteiger partial charge on any atom is 0.333 e. The van der Waals surface area contributed by atoms with E-state index in [1.807, 2.05) is 71.5 Å². The topological polar surface area (TPSA) is 88.0 Å². The van der Waals surface area contributed by atoms with Gasteiger partial charge in [0.2, 0.25) is 0 Å². The second kappa shape index (κ2) is 9.18. The van der Waals surface area contributed by atoms with Crippen LogP contribution in [0.25, 0.3) is 17.3 Å². The summed E-state index contributed by atoms with van der Waals surface area (Å²) in [5.74, 6) is -0.446. The van der Waals surface area contributed by atoms with Gasteiger partial charge in [0.05, 0.1) is 12.2 Å². The SMILES string of the molecule is CNC(=O)NNC(=O)C=Cc1cn(Cc2ccccc2)nc1-c1ccccc1. The monoisotopic (exact) mass is 375 g/mol. The third-order valence-corrected chi connectivity index (χ3v) is 3.97. The Hall–Kier alpha value is -3.87. The van der Waals surface area contributed by atoms with Crippen molar-refractivity contribution >= 4 is 18.0 Å². The number of hydrazine groups is 1. The lowest BCUT2D eigenvalue weighted by Gasteiger charge is -2.03. The van der Waals surface area contributed by atoms with Gasteiger partial charge in [0, 0.05) is 30.4 Å². The molecule has 0 bridgehead atoms. The molecule has 0 aliphatic heterocycles. The Balaban J connectivity index is 1.82. The Kier molecular flexibility index (Phi) is 6.20. The van der Waals surface area contributed by atoms with Crippen molar-refractivity contribution in [3.63, 3.8) is 0 Å². The van der Waals surface area contributed by atoms with Gasteiger partial charge in [-0.1, -0.05) is 60.7 Å². The van der Waals surface area contributed by atoms with Crippen molar-refractivity contribution in [1.29, 1.82) is 0 Å². The molecule has 0 atom stereocenters. The molecule has 142 valence electrons. The lowest BCUT2D eigenvalue weighted by Crippen LogP contribution is -2.45. The Bertz CT molecular complexity index is 965. The van der Waals surface area contributed by atoms with E-state index >= 15 is 0 Å². The van der Waals surface area contributed by atoms with Gasteiger partial charge in [-0.15, -0.1) is 0 Å². The number of aromatic nitrogens is 2. The average molecular weight is 375 g/mol. The Morgan fingerprint density at radius 1 is 1.00 bits per heavy atom. The summed E-state index contributed by atoms with van der Waals surface area (Å²) < 4.78 is 1.85. The molecular formula is C21H21N5O2. The summed E-state index contributed by atoms with van der Waals surface area (Å²) in [5, 5.41) is 7.04. The molecule has 3 N–H and O–H groups in total. The molecular weight excluding hydrogens is 354 g/mol. The van der Waals surface area contributed by atoms with E-state index in [0.717, 1.165) is 22.4 Å². The van der Waals surface area contributed by atoms with Gasteiger partial charge in [-0.05, 0) is 11.6 Å². The largest absolute Gasteiger partial charge is 0.340 e. The highest BCUT2D eigenvalue weighted by atomic mass is 16.2. The summed E-state index contributed by atoms with van der Waals surface area (Å²) in [6.07, 6.45) is 4.93. The number of rotatable bonds is 5. The zero-order valence-corrected chi connectivity index (χ0v) is 15.4. The predicted molar refractivity (Wildman–Crippen MR) is 108 cm³/mol. The number of benzene rings is 2. The van der Waals surface area contributed by atoms with Crippen molar-refractivity contribution < 1.29 is 9.59 Å². The van der Waals surface area contributed by atoms with E-state index in [4.69, 9.17) is 5.10 Å². The van der Waals surface area contributed by atoms with Crippen molar-refractivity contribution in [2.75, 3.05) is 7.05 Å². The van der Waals surface area contributed by atoms with Crippen LogP contribution < -0.4 is 16.2 Å². The summed E-state index contributed by atoms with van der Waals surface area (Å²) in [5.41, 5.74) is 8.19. The fraction of sp³-hybridized carbons (Fsp3) is 0.0952. The number of carbonyl (C=O) groups excluding carboxylic acids is 2. The molecule has 0 aliphatic rings. The van der Waals surface area contributed by atoms with Gasteiger partial charge in [0.1, 0.15) is 0 Å². The van der Waals surface area contributed by atoms with E-state index in [2.05, 4.69) is 16.2 Å². The Morgan fingerprint density at radius 2 is 1.68 bits per heavy atom. The van der Waals surface area contributed by atoms with Gasteiger partial charge in [0.25, 0.3) is 5.91 Å². The maximum absolute atomic E-state index is 11.9. The van der Waals surface area contributed by atoms with Crippen LogP contribution >= 0.6 is 0 Å². The van der Waals surface area contributed by atoms with Crippen LogP contribution in [0.1, 0.15) is 11.1 Å². The lowest BCUT2D eigenvalue weighted by atomic mass is 10.1. The van der Waals surface area contributed by atoms with Crippen LogP contribution in [0, 0.1) is 0 Å². The fourth-order valence-electron chi connectivity index (χ4n) is 2.62. The van der Waals surface area contributed by atoms with Gasteiger partial charge in [-0.2, -0.15) is 5.10 Å². The van der Waals surface area contributed by atoms with Crippen molar-refractivity contribution in [3.8, 4) is 11.3 Å². The first-order valence-corrected chi connectivity index (χ1v) is 8.78. The molecule has 3 rings (SSSR count). The number of amides is 3. The molecule has 0 saturated heterocycles. The minimum absolute atomic E-state index is 0.446. The van der Waals surface area contributed by atoms with Crippen LogP contribution in [-0.4, -0.2) is 28.8 Å². The molecule has 7 nitrogen and oxygen atoms in total. The molecule has 0 aliphatic carbocycles. The molecule has 3 amide bonds. The number of nitrogens with one attached hydrogen (secondary N) is 3. The normalized spacial score (nSPS) is 10.6. The van der Waals surface area contributed by atoms with Crippen LogP contribution in [0.5, 0.6) is 0 Å². The highest BCUT2D eigenvalue weighted by molar-refractivity contribution is 5.93. The van der Waals surface area contributed by atoms with Gasteiger partial charge in [-0.3, -0.25) is 14.9 Å². The second-order valence-electron chi connectivity index (χ2n) is 6.01. The van der Waals surface area contributed by atoms with Gasteiger partial charge < -0.3 is 5.32 Å². The number of hydrogen-bond acceptors (Lipinski definition) is 3. The zero-order chi connectivity index (χ0) is 19.8. The average Bonchev–Trinajstić information content (AvgIpc) is 3.14. The van der Waals surface area contributed by atoms with E-state index in [9.17, 15) is 9.59 Å². The molecule has 1 heterocycles. The number of hydrogen-bond donors (Lipinski definition) is 3. The summed E-state index contributed by atoms with van der Waals surface area (Å²) in [4.78, 5) is 23.0. The van der Waals surface area contributed by atoms with Crippen LogP contribution in [-0.2, 0) is 11.3 Å². The lowest BCUT2D eigenvalue weighted by molar-refractivity contribution is -0.117. The molecule has 1 aromatic heterocycles. The second-order valence-corrected chi connectivity index (χ2v) is 6.01. The maximum atomic E-state index is 11.9. The predicted octanol–water partition coefficient (Wildman–Crippen LogP) is 2.57. The molecule has 28 heavy (non-hydrogen) atoms. The summed E-state index contributed by atoms with van der Waals surface area (Å²) in [6, 6.07) is 19.3. The fourth-order valence-corrected chi connectivity index (χ4v) is 2.62. The summed E-state index contributed by atoms with van der Waals surface area (Å²) in [7, 11) is 1.46. The van der Waals surface area contributed by atoms with Crippen molar-refractivity contribution in [2.24, 2.45) is 0 Å². The van der Waals surface area contributed by atoms with E-state index < -0.39 is 11.9 Å². The molecule has 0 unspecified atom stereocenters. The van der Waals surface area contributed by atoms with Gasteiger partial charge in [0.15, 0.2) is 0 Å². The Labute approximate surface area is 163 Å². The number of nitrogens with zero attached hydrogens (tertiary/aromatic N) is 2. The van der Waals surface area contributed by atoms with E-state index in [-0.39, 0.29) is 0 Å². The van der Waals surface area contributed by atoms with Crippen LogP contribution in [0.2, 0.25) is 0 Å². The smallest absolute Gasteiger partial charge is 0.333 e. The third-order valence-electron chi connectivity index (χ3n) is 3.97. The highest BCUT2D eigenvalue weighted by Crippen LogP contribution is 2.23. The van der Waals surface area contributed by atoms with Crippen molar-refractivity contribution in [3.05, 3.63) is 84.1 Å². The van der Waals surface area contributed by atoms with Crippen LogP contribution in [0.3, 0.4) is 0 Å². The van der Waals surface area contributed by atoms with Crippen molar-refractivity contribution in [2.45, 2.75) is 6.54 Å². The highest BCUT2D eigenvalue weighted by Gasteiger charge is 2.10. The first-order chi connectivity index (χ1) is 13.7. The molecule has 2 aromatic carbocycles. The molecule has 7 heteroatoms. The minimum Gasteiger partial charge on any atom is -0.340 e. The van der Waals surface area contributed by atoms with Crippen LogP contribution in [0.15, 0.2) is 72.9 Å². The quantitative estimate of drug-likeness (QED) is 0.473. The standard InChI is InChI=1S/C21H21N5O2/c1-22-21(28)24-23-19(27)13-12-18-15-26(14-16-8-4-2-5-9-16)25-20(18)17-10-6-3-7-11-17/h2-13,15H,14H2,1H3,(H,23,27)(H2,22,24,28). The van der Waals surface area contributed by atoms with Gasteiger partial charge >= 0.3 is 6.03 Å². The van der Waals surface area contributed by atoms with Crippen LogP contribution in [0.4, 0.5) is 4.79 Å². The molecule has 0 saturated carbocycles. The van der Waals surface area contributed by atoms with E-state index in [1.165, 1.54) is 13.1 Å². The molecule has 0 spiro atoms. The van der Waals surface area contributed by atoms with E-state index in [0.29, 0.717) is 6.54 Å². The first-order valence-electron chi connectivity index (χ1n) is 8.78.